The number of aryl methyl sites for hydroxylation is 1. The molecule has 0 saturated heterocycles. The van der Waals surface area contributed by atoms with Crippen molar-refractivity contribution in [2.24, 2.45) is 7.05 Å². The van der Waals surface area contributed by atoms with Crippen molar-refractivity contribution in [3.8, 4) is 0 Å². The molecule has 0 fully saturated rings. The summed E-state index contributed by atoms with van der Waals surface area (Å²) < 4.78 is 5.96. The highest BCUT2D eigenvalue weighted by Crippen LogP contribution is 2.06. The number of rotatable bonds is 1. The lowest BCUT2D eigenvalue weighted by Gasteiger charge is -1.91. The lowest BCUT2D eigenvalue weighted by molar-refractivity contribution is 0.437. The molecule has 0 aliphatic heterocycles. The Morgan fingerprint density at radius 2 is 2.20 bits per heavy atom. The van der Waals surface area contributed by atoms with Crippen molar-refractivity contribution in [2.45, 2.75) is 19.8 Å². The summed E-state index contributed by atoms with van der Waals surface area (Å²) in [6, 6.07) is 0. The van der Waals surface area contributed by atoms with Gasteiger partial charge in [-0.25, -0.2) is 4.79 Å². The zero-order chi connectivity index (χ0) is 7.72. The lowest BCUT2D eigenvalue weighted by atomic mass is 10.2. The number of nitrogens with zero attached hydrogens (tertiary/aromatic N) is 2. The maximum atomic E-state index is 10.7. The van der Waals surface area contributed by atoms with Crippen LogP contribution in [0.2, 0.25) is 0 Å². The van der Waals surface area contributed by atoms with E-state index in [2.05, 4.69) is 5.10 Å². The maximum Gasteiger partial charge on any atom is 0.436 e. The van der Waals surface area contributed by atoms with Gasteiger partial charge in [0, 0.05) is 13.0 Å². The molecule has 0 aromatic carbocycles. The standard InChI is InChI=1S/C6H10N2O2/c1-4(2)5-7-8(3)6(9)10-5/h4H,1-3H3. The van der Waals surface area contributed by atoms with Crippen LogP contribution in [0.4, 0.5) is 0 Å². The maximum absolute atomic E-state index is 10.7. The normalized spacial score (nSPS) is 10.8. The second kappa shape index (κ2) is 2.28. The first-order valence-electron chi connectivity index (χ1n) is 3.15. The molecule has 0 N–H and O–H groups in total. The minimum absolute atomic E-state index is 0.175. The third-order valence-electron chi connectivity index (χ3n) is 1.20. The summed E-state index contributed by atoms with van der Waals surface area (Å²) in [7, 11) is 1.57. The van der Waals surface area contributed by atoms with Crippen molar-refractivity contribution in [3.05, 3.63) is 16.4 Å². The summed E-state index contributed by atoms with van der Waals surface area (Å²) in [4.78, 5) is 10.7. The highest BCUT2D eigenvalue weighted by atomic mass is 16.4. The van der Waals surface area contributed by atoms with Gasteiger partial charge < -0.3 is 4.42 Å². The molecule has 4 heteroatoms. The van der Waals surface area contributed by atoms with Crippen LogP contribution in [-0.4, -0.2) is 9.78 Å². The molecule has 0 bridgehead atoms. The zero-order valence-corrected chi connectivity index (χ0v) is 6.29. The first-order chi connectivity index (χ1) is 4.61. The molecule has 0 spiro atoms. The van der Waals surface area contributed by atoms with Crippen LogP contribution in [0.3, 0.4) is 0 Å². The average Bonchev–Trinajstić information content (AvgIpc) is 2.13. The van der Waals surface area contributed by atoms with E-state index in [0.717, 1.165) is 0 Å². The van der Waals surface area contributed by atoms with Crippen LogP contribution < -0.4 is 5.76 Å². The molecule has 4 nitrogen and oxygen atoms in total. The number of hydrogen-bond acceptors (Lipinski definition) is 3. The lowest BCUT2D eigenvalue weighted by Crippen LogP contribution is -2.09. The topological polar surface area (TPSA) is 48.0 Å². The Bertz CT molecular complexity index is 272. The Hall–Kier alpha value is -1.06. The van der Waals surface area contributed by atoms with E-state index in [4.69, 9.17) is 4.42 Å². The van der Waals surface area contributed by atoms with Crippen molar-refractivity contribution < 1.29 is 4.42 Å². The fourth-order valence-electron chi connectivity index (χ4n) is 0.598. The molecular weight excluding hydrogens is 132 g/mol. The molecule has 1 aromatic rings. The zero-order valence-electron chi connectivity index (χ0n) is 6.29. The van der Waals surface area contributed by atoms with Gasteiger partial charge in [0.1, 0.15) is 0 Å². The Labute approximate surface area is 58.5 Å². The predicted octanol–water partition coefficient (Wildman–Crippen LogP) is 0.497. The van der Waals surface area contributed by atoms with Gasteiger partial charge in [-0.1, -0.05) is 13.8 Å². The van der Waals surface area contributed by atoms with Crippen LogP contribution >= 0.6 is 0 Å². The van der Waals surface area contributed by atoms with Crippen LogP contribution in [0.1, 0.15) is 25.7 Å². The molecular formula is C6H10N2O2. The van der Waals surface area contributed by atoms with E-state index in [0.29, 0.717) is 5.89 Å². The van der Waals surface area contributed by atoms with E-state index in [1.54, 1.807) is 7.05 Å². The first-order valence-corrected chi connectivity index (χ1v) is 3.15. The Kier molecular flexibility index (Phi) is 1.61. The second-order valence-corrected chi connectivity index (χ2v) is 2.48. The largest absolute Gasteiger partial charge is 0.436 e. The second-order valence-electron chi connectivity index (χ2n) is 2.48. The molecule has 0 aliphatic carbocycles. The molecule has 0 atom stereocenters. The minimum Gasteiger partial charge on any atom is -0.392 e. The van der Waals surface area contributed by atoms with Crippen molar-refractivity contribution in [1.29, 1.82) is 0 Å². The van der Waals surface area contributed by atoms with Crippen molar-refractivity contribution in [2.75, 3.05) is 0 Å². The van der Waals surface area contributed by atoms with Gasteiger partial charge in [0.25, 0.3) is 0 Å². The van der Waals surface area contributed by atoms with Crippen molar-refractivity contribution >= 4 is 0 Å². The third kappa shape index (κ3) is 1.10. The predicted molar refractivity (Wildman–Crippen MR) is 35.8 cm³/mol. The van der Waals surface area contributed by atoms with Gasteiger partial charge in [0.05, 0.1) is 0 Å². The van der Waals surface area contributed by atoms with E-state index in [1.807, 2.05) is 13.8 Å². The van der Waals surface area contributed by atoms with E-state index in [-0.39, 0.29) is 5.92 Å². The highest BCUT2D eigenvalue weighted by Gasteiger charge is 2.07. The van der Waals surface area contributed by atoms with Crippen molar-refractivity contribution in [1.82, 2.24) is 9.78 Å². The van der Waals surface area contributed by atoms with Crippen LogP contribution in [0.5, 0.6) is 0 Å². The summed E-state index contributed by atoms with van der Waals surface area (Å²) in [6.07, 6.45) is 0. The molecule has 1 rings (SSSR count). The molecule has 0 amide bonds. The quantitative estimate of drug-likeness (QED) is 0.573. The smallest absolute Gasteiger partial charge is 0.392 e. The van der Waals surface area contributed by atoms with Crippen LogP contribution in [0, 0.1) is 0 Å². The number of hydrogen-bond donors (Lipinski definition) is 0. The van der Waals surface area contributed by atoms with E-state index in [9.17, 15) is 4.79 Å². The summed E-state index contributed by atoms with van der Waals surface area (Å²) in [6.45, 7) is 3.84. The fourth-order valence-corrected chi connectivity index (χ4v) is 0.598. The summed E-state index contributed by atoms with van der Waals surface area (Å²) in [5.74, 6) is 0.269. The van der Waals surface area contributed by atoms with Crippen LogP contribution in [0.15, 0.2) is 9.21 Å². The van der Waals surface area contributed by atoms with E-state index in [1.165, 1.54) is 4.68 Å². The Balaban J connectivity index is 3.10. The monoisotopic (exact) mass is 142 g/mol. The molecule has 1 heterocycles. The molecule has 1 aromatic heterocycles. The van der Waals surface area contributed by atoms with Gasteiger partial charge in [-0.05, 0) is 0 Å². The number of aromatic nitrogens is 2. The summed E-state index contributed by atoms with van der Waals surface area (Å²) in [5, 5.41) is 3.85. The molecule has 10 heavy (non-hydrogen) atoms. The van der Waals surface area contributed by atoms with Gasteiger partial charge in [0.15, 0.2) is 0 Å². The first kappa shape index (κ1) is 7.05. The van der Waals surface area contributed by atoms with Gasteiger partial charge >= 0.3 is 5.76 Å². The summed E-state index contributed by atoms with van der Waals surface area (Å²) >= 11 is 0. The van der Waals surface area contributed by atoms with Crippen molar-refractivity contribution in [3.63, 3.8) is 0 Å². The fraction of sp³-hybridized carbons (Fsp3) is 0.667. The molecule has 56 valence electrons. The minimum atomic E-state index is -0.399. The molecule has 0 aliphatic rings. The Morgan fingerprint density at radius 3 is 2.40 bits per heavy atom. The van der Waals surface area contributed by atoms with Crippen LogP contribution in [-0.2, 0) is 7.05 Å². The summed E-state index contributed by atoms with van der Waals surface area (Å²) in [5.41, 5.74) is 0. The average molecular weight is 142 g/mol. The van der Waals surface area contributed by atoms with E-state index < -0.39 is 5.76 Å². The van der Waals surface area contributed by atoms with Gasteiger partial charge in [-0.2, -0.15) is 4.68 Å². The van der Waals surface area contributed by atoms with Gasteiger partial charge in [-0.15, -0.1) is 5.10 Å². The third-order valence-corrected chi connectivity index (χ3v) is 1.20. The molecule has 0 saturated carbocycles. The Morgan fingerprint density at radius 1 is 1.60 bits per heavy atom. The van der Waals surface area contributed by atoms with Gasteiger partial charge in [-0.3, -0.25) is 0 Å². The van der Waals surface area contributed by atoms with Gasteiger partial charge in [0.2, 0.25) is 5.89 Å². The van der Waals surface area contributed by atoms with Crippen LogP contribution in [0.25, 0.3) is 0 Å². The van der Waals surface area contributed by atoms with E-state index >= 15 is 0 Å². The highest BCUT2D eigenvalue weighted by molar-refractivity contribution is 4.81. The molecule has 0 radical (unpaired) electrons. The SMILES string of the molecule is CC(C)c1nn(C)c(=O)o1. The molecule has 0 unspecified atom stereocenters.